The molecule has 2 aromatic rings. The number of nitrogens with one attached hydrogen (secondary N) is 1. The van der Waals surface area contributed by atoms with E-state index in [-0.39, 0.29) is 28.9 Å². The summed E-state index contributed by atoms with van der Waals surface area (Å²) in [4.78, 5) is 26.5. The van der Waals surface area contributed by atoms with Crippen LogP contribution in [-0.4, -0.2) is 17.6 Å². The van der Waals surface area contributed by atoms with Gasteiger partial charge in [0.05, 0.1) is 5.75 Å². The Labute approximate surface area is 162 Å². The van der Waals surface area contributed by atoms with Crippen molar-refractivity contribution in [2.45, 2.75) is 31.1 Å². The van der Waals surface area contributed by atoms with Gasteiger partial charge < -0.3 is 5.32 Å². The van der Waals surface area contributed by atoms with Crippen LogP contribution >= 0.6 is 11.8 Å². The summed E-state index contributed by atoms with van der Waals surface area (Å²) >= 11 is 1.51. The standard InChI is InChI=1S/C21H21FN2O2S/c22-16-8-4-10-18(12-16)24-19(25)13-27-21(24)15-7-3-9-17(11-15)23-20(26)14-5-1-2-6-14/h3-4,7-12,14,21H,1-2,5-6,13H2,(H,23,26)/t21-/m0/s1. The van der Waals surface area contributed by atoms with E-state index in [0.717, 1.165) is 36.9 Å². The highest BCUT2D eigenvalue weighted by Crippen LogP contribution is 2.42. The number of hydrogen-bond donors (Lipinski definition) is 1. The van der Waals surface area contributed by atoms with Crippen LogP contribution in [0.15, 0.2) is 48.5 Å². The van der Waals surface area contributed by atoms with E-state index in [2.05, 4.69) is 5.32 Å². The lowest BCUT2D eigenvalue weighted by Crippen LogP contribution is -2.28. The van der Waals surface area contributed by atoms with Gasteiger partial charge in [-0.15, -0.1) is 11.8 Å². The molecule has 1 heterocycles. The smallest absolute Gasteiger partial charge is 0.238 e. The molecule has 0 aromatic heterocycles. The molecular formula is C21H21FN2O2S. The first-order valence-corrected chi connectivity index (χ1v) is 10.3. The SMILES string of the molecule is O=C(Nc1cccc([C@@H]2SCC(=O)N2c2cccc(F)c2)c1)C1CCCC1. The van der Waals surface area contributed by atoms with Crippen molar-refractivity contribution in [2.24, 2.45) is 5.92 Å². The summed E-state index contributed by atoms with van der Waals surface area (Å²) in [5.74, 6) is 0.103. The Bertz CT molecular complexity index is 867. The zero-order valence-electron chi connectivity index (χ0n) is 14.9. The Hall–Kier alpha value is -2.34. The van der Waals surface area contributed by atoms with Crippen LogP contribution in [0.5, 0.6) is 0 Å². The van der Waals surface area contributed by atoms with Crippen LogP contribution < -0.4 is 10.2 Å². The van der Waals surface area contributed by atoms with Gasteiger partial charge in [0.25, 0.3) is 0 Å². The van der Waals surface area contributed by atoms with E-state index in [4.69, 9.17) is 0 Å². The van der Waals surface area contributed by atoms with Gasteiger partial charge in [-0.3, -0.25) is 14.5 Å². The van der Waals surface area contributed by atoms with Crippen LogP contribution in [-0.2, 0) is 9.59 Å². The quantitative estimate of drug-likeness (QED) is 0.829. The lowest BCUT2D eigenvalue weighted by Gasteiger charge is -2.25. The first-order valence-electron chi connectivity index (χ1n) is 9.22. The zero-order chi connectivity index (χ0) is 18.8. The Morgan fingerprint density at radius 3 is 2.67 bits per heavy atom. The molecule has 0 spiro atoms. The molecule has 1 saturated carbocycles. The minimum atomic E-state index is -0.367. The molecule has 0 unspecified atom stereocenters. The van der Waals surface area contributed by atoms with Crippen LogP contribution in [0.1, 0.15) is 36.6 Å². The topological polar surface area (TPSA) is 49.4 Å². The number of halogens is 1. The highest BCUT2D eigenvalue weighted by atomic mass is 32.2. The molecular weight excluding hydrogens is 363 g/mol. The van der Waals surface area contributed by atoms with Crippen molar-refractivity contribution in [3.63, 3.8) is 0 Å². The van der Waals surface area contributed by atoms with Gasteiger partial charge in [0, 0.05) is 17.3 Å². The van der Waals surface area contributed by atoms with Gasteiger partial charge in [0.2, 0.25) is 11.8 Å². The lowest BCUT2D eigenvalue weighted by molar-refractivity contribution is -0.119. The second-order valence-electron chi connectivity index (χ2n) is 7.00. The molecule has 1 aliphatic carbocycles. The van der Waals surface area contributed by atoms with Crippen LogP contribution in [0, 0.1) is 11.7 Å². The minimum absolute atomic E-state index is 0.0454. The fourth-order valence-corrected chi connectivity index (χ4v) is 4.95. The Morgan fingerprint density at radius 1 is 1.11 bits per heavy atom. The van der Waals surface area contributed by atoms with Crippen LogP contribution in [0.3, 0.4) is 0 Å². The second-order valence-corrected chi connectivity index (χ2v) is 8.07. The monoisotopic (exact) mass is 384 g/mol. The van der Waals surface area contributed by atoms with Crippen molar-refractivity contribution < 1.29 is 14.0 Å². The largest absolute Gasteiger partial charge is 0.326 e. The maximum Gasteiger partial charge on any atom is 0.238 e. The molecule has 1 saturated heterocycles. The van der Waals surface area contributed by atoms with Gasteiger partial charge in [0.1, 0.15) is 11.2 Å². The summed E-state index contributed by atoms with van der Waals surface area (Å²) in [5, 5.41) is 2.78. The van der Waals surface area contributed by atoms with Crippen molar-refractivity contribution in [2.75, 3.05) is 16.0 Å². The first kappa shape index (κ1) is 18.0. The molecule has 6 heteroatoms. The number of carbonyl (C=O) groups excluding carboxylic acids is 2. The van der Waals surface area contributed by atoms with Gasteiger partial charge >= 0.3 is 0 Å². The maximum atomic E-state index is 13.6. The molecule has 2 amide bonds. The predicted octanol–water partition coefficient (Wildman–Crippen LogP) is 4.73. The van der Waals surface area contributed by atoms with Crippen LogP contribution in [0.4, 0.5) is 15.8 Å². The van der Waals surface area contributed by atoms with Crippen molar-refractivity contribution in [3.05, 3.63) is 59.9 Å². The van der Waals surface area contributed by atoms with Crippen molar-refractivity contribution >= 4 is 35.0 Å². The van der Waals surface area contributed by atoms with E-state index in [0.29, 0.717) is 11.4 Å². The molecule has 1 aliphatic heterocycles. The molecule has 0 radical (unpaired) electrons. The van der Waals surface area contributed by atoms with Gasteiger partial charge in [0.15, 0.2) is 0 Å². The molecule has 27 heavy (non-hydrogen) atoms. The molecule has 4 nitrogen and oxygen atoms in total. The van der Waals surface area contributed by atoms with E-state index in [1.165, 1.54) is 23.9 Å². The van der Waals surface area contributed by atoms with Crippen molar-refractivity contribution in [3.8, 4) is 0 Å². The van der Waals surface area contributed by atoms with Gasteiger partial charge in [-0.2, -0.15) is 0 Å². The summed E-state index contributed by atoms with van der Waals surface area (Å²) in [7, 11) is 0. The lowest BCUT2D eigenvalue weighted by atomic mass is 10.1. The number of amides is 2. The van der Waals surface area contributed by atoms with Gasteiger partial charge in [-0.1, -0.05) is 31.0 Å². The van der Waals surface area contributed by atoms with E-state index >= 15 is 0 Å². The molecule has 2 aromatic carbocycles. The van der Waals surface area contributed by atoms with Crippen molar-refractivity contribution in [1.82, 2.24) is 0 Å². The Kier molecular flexibility index (Phi) is 5.16. The summed E-state index contributed by atoms with van der Waals surface area (Å²) < 4.78 is 13.6. The third-order valence-corrected chi connectivity index (χ3v) is 6.33. The molecule has 140 valence electrons. The van der Waals surface area contributed by atoms with E-state index in [1.807, 2.05) is 24.3 Å². The molecule has 0 bridgehead atoms. The van der Waals surface area contributed by atoms with E-state index in [1.54, 1.807) is 17.0 Å². The van der Waals surface area contributed by atoms with Crippen LogP contribution in [0.2, 0.25) is 0 Å². The number of rotatable bonds is 4. The minimum Gasteiger partial charge on any atom is -0.326 e. The highest BCUT2D eigenvalue weighted by Gasteiger charge is 2.34. The first-order chi connectivity index (χ1) is 13.1. The summed E-state index contributed by atoms with van der Waals surface area (Å²) in [6.45, 7) is 0. The number of hydrogen-bond acceptors (Lipinski definition) is 3. The zero-order valence-corrected chi connectivity index (χ0v) is 15.7. The third kappa shape index (κ3) is 3.86. The second kappa shape index (κ2) is 7.72. The molecule has 1 atom stereocenters. The average molecular weight is 384 g/mol. The summed E-state index contributed by atoms with van der Waals surface area (Å²) in [6, 6.07) is 13.7. The van der Waals surface area contributed by atoms with Crippen molar-refractivity contribution in [1.29, 1.82) is 0 Å². The summed E-state index contributed by atoms with van der Waals surface area (Å²) in [5.41, 5.74) is 2.21. The highest BCUT2D eigenvalue weighted by molar-refractivity contribution is 8.00. The fraction of sp³-hybridized carbons (Fsp3) is 0.333. The normalized spacial score (nSPS) is 20.3. The number of nitrogens with zero attached hydrogens (tertiary/aromatic N) is 1. The van der Waals surface area contributed by atoms with Gasteiger partial charge in [-0.05, 0) is 48.7 Å². The number of carbonyl (C=O) groups is 2. The number of benzene rings is 2. The number of thioether (sulfide) groups is 1. The van der Waals surface area contributed by atoms with E-state index < -0.39 is 0 Å². The maximum absolute atomic E-state index is 13.6. The Morgan fingerprint density at radius 2 is 1.89 bits per heavy atom. The van der Waals surface area contributed by atoms with Crippen LogP contribution in [0.25, 0.3) is 0 Å². The molecule has 2 fully saturated rings. The predicted molar refractivity (Wildman–Crippen MR) is 106 cm³/mol. The number of anilines is 2. The molecule has 2 aliphatic rings. The molecule has 4 rings (SSSR count). The summed E-state index contributed by atoms with van der Waals surface area (Å²) in [6.07, 6.45) is 4.13. The Balaban J connectivity index is 1.57. The van der Waals surface area contributed by atoms with E-state index in [9.17, 15) is 14.0 Å². The third-order valence-electron chi connectivity index (χ3n) is 5.12. The fourth-order valence-electron chi connectivity index (χ4n) is 3.78. The average Bonchev–Trinajstić information content (AvgIpc) is 3.32. The van der Waals surface area contributed by atoms with Gasteiger partial charge in [-0.25, -0.2) is 4.39 Å². The molecule has 1 N–H and O–H groups in total.